The zero-order valence-electron chi connectivity index (χ0n) is 10.3. The Balaban J connectivity index is 2.24. The topological polar surface area (TPSA) is 36.4 Å². The molecule has 1 heterocycles. The van der Waals surface area contributed by atoms with E-state index in [0.29, 0.717) is 13.1 Å². The second-order valence-corrected chi connectivity index (χ2v) is 5.86. The number of halogens is 2. The van der Waals surface area contributed by atoms with Gasteiger partial charge in [-0.25, -0.2) is 4.98 Å². The quantitative estimate of drug-likeness (QED) is 0.854. The van der Waals surface area contributed by atoms with Crippen molar-refractivity contribution in [3.05, 3.63) is 57.1 Å². The molecular formula is C14H14Br2N2O. The molecule has 0 atom stereocenters. The molecule has 1 aromatic carbocycles. The van der Waals surface area contributed by atoms with Crippen LogP contribution in [0, 0.1) is 0 Å². The van der Waals surface area contributed by atoms with Gasteiger partial charge < -0.3 is 10.0 Å². The summed E-state index contributed by atoms with van der Waals surface area (Å²) in [6.07, 6.45) is 1.76. The molecule has 0 saturated carbocycles. The second-order valence-electron chi connectivity index (χ2n) is 4.09. The maximum absolute atomic E-state index is 9.23. The second kappa shape index (κ2) is 7.03. The molecule has 0 bridgehead atoms. The number of aliphatic hydroxyl groups is 1. The number of hydrogen-bond donors (Lipinski definition) is 1. The minimum absolute atomic E-state index is 0.0943. The summed E-state index contributed by atoms with van der Waals surface area (Å²) in [5, 5.41) is 9.23. The molecule has 5 heteroatoms. The molecule has 0 saturated heterocycles. The summed E-state index contributed by atoms with van der Waals surface area (Å²) in [5.74, 6) is 0.834. The van der Waals surface area contributed by atoms with Crippen molar-refractivity contribution in [1.29, 1.82) is 0 Å². The van der Waals surface area contributed by atoms with Crippen LogP contribution in [0.15, 0.2) is 51.5 Å². The summed E-state index contributed by atoms with van der Waals surface area (Å²) in [6, 6.07) is 12.1. The molecule has 1 aromatic heterocycles. The van der Waals surface area contributed by atoms with Crippen molar-refractivity contribution in [3.8, 4) is 0 Å². The maximum atomic E-state index is 9.23. The van der Waals surface area contributed by atoms with Crippen LogP contribution < -0.4 is 4.90 Å². The lowest BCUT2D eigenvalue weighted by Gasteiger charge is -2.24. The first-order chi connectivity index (χ1) is 9.20. The van der Waals surface area contributed by atoms with Crippen molar-refractivity contribution in [1.82, 2.24) is 4.98 Å². The van der Waals surface area contributed by atoms with Crippen LogP contribution >= 0.6 is 31.9 Å². The lowest BCUT2D eigenvalue weighted by Crippen LogP contribution is -2.27. The summed E-state index contributed by atoms with van der Waals surface area (Å²) in [5.41, 5.74) is 1.19. The summed E-state index contributed by atoms with van der Waals surface area (Å²) in [7, 11) is 0. The van der Waals surface area contributed by atoms with Crippen LogP contribution in [0.4, 0.5) is 5.82 Å². The zero-order valence-corrected chi connectivity index (χ0v) is 13.4. The van der Waals surface area contributed by atoms with Crippen LogP contribution in [-0.2, 0) is 6.54 Å². The van der Waals surface area contributed by atoms with Gasteiger partial charge in [-0.05, 0) is 43.5 Å². The highest BCUT2D eigenvalue weighted by atomic mass is 79.9. The van der Waals surface area contributed by atoms with Gasteiger partial charge in [0.2, 0.25) is 0 Å². The molecule has 2 aromatic rings. The maximum Gasteiger partial charge on any atom is 0.143 e. The van der Waals surface area contributed by atoms with Gasteiger partial charge in [0.25, 0.3) is 0 Å². The summed E-state index contributed by atoms with van der Waals surface area (Å²) >= 11 is 6.91. The molecule has 0 fully saturated rings. The van der Waals surface area contributed by atoms with Gasteiger partial charge in [0, 0.05) is 23.8 Å². The molecule has 0 aliphatic heterocycles. The number of hydrogen-bond acceptors (Lipinski definition) is 3. The van der Waals surface area contributed by atoms with Gasteiger partial charge in [-0.1, -0.05) is 30.3 Å². The van der Waals surface area contributed by atoms with Crippen molar-refractivity contribution in [3.63, 3.8) is 0 Å². The van der Waals surface area contributed by atoms with Crippen LogP contribution in [-0.4, -0.2) is 23.2 Å². The van der Waals surface area contributed by atoms with Gasteiger partial charge >= 0.3 is 0 Å². The lowest BCUT2D eigenvalue weighted by molar-refractivity contribution is 0.301. The Bertz CT molecular complexity index is 534. The number of benzene rings is 1. The van der Waals surface area contributed by atoms with Crippen molar-refractivity contribution < 1.29 is 5.11 Å². The highest BCUT2D eigenvalue weighted by molar-refractivity contribution is 9.11. The van der Waals surface area contributed by atoms with E-state index < -0.39 is 0 Å². The molecule has 0 unspecified atom stereocenters. The molecule has 1 N–H and O–H groups in total. The Morgan fingerprint density at radius 3 is 2.53 bits per heavy atom. The van der Waals surface area contributed by atoms with Gasteiger partial charge in [-0.3, -0.25) is 0 Å². The Morgan fingerprint density at radius 2 is 1.89 bits per heavy atom. The Kier molecular flexibility index (Phi) is 5.36. The zero-order chi connectivity index (χ0) is 13.7. The minimum Gasteiger partial charge on any atom is -0.395 e. The molecular weight excluding hydrogens is 372 g/mol. The molecule has 100 valence electrons. The first-order valence-corrected chi connectivity index (χ1v) is 7.50. The van der Waals surface area contributed by atoms with Crippen molar-refractivity contribution in [2.45, 2.75) is 6.54 Å². The monoisotopic (exact) mass is 384 g/mol. The minimum atomic E-state index is 0.0943. The number of aromatic nitrogens is 1. The number of anilines is 1. The Hall–Kier alpha value is -0.910. The van der Waals surface area contributed by atoms with Crippen LogP contribution in [0.3, 0.4) is 0 Å². The predicted molar refractivity (Wildman–Crippen MR) is 84.2 cm³/mol. The summed E-state index contributed by atoms with van der Waals surface area (Å²) < 4.78 is 1.83. The van der Waals surface area contributed by atoms with Gasteiger partial charge in [-0.15, -0.1) is 0 Å². The van der Waals surface area contributed by atoms with E-state index in [4.69, 9.17) is 0 Å². The van der Waals surface area contributed by atoms with E-state index in [9.17, 15) is 5.11 Å². The fourth-order valence-electron chi connectivity index (χ4n) is 1.82. The first kappa shape index (κ1) is 14.5. The van der Waals surface area contributed by atoms with E-state index in [2.05, 4.69) is 49.0 Å². The Labute approximate surface area is 129 Å². The van der Waals surface area contributed by atoms with E-state index in [1.807, 2.05) is 29.2 Å². The molecule has 2 rings (SSSR count). The SMILES string of the molecule is OCCN(Cc1ccccc1)c1ncc(Br)cc1Br. The van der Waals surface area contributed by atoms with Crippen LogP contribution in [0.1, 0.15) is 5.56 Å². The normalized spacial score (nSPS) is 10.5. The average Bonchev–Trinajstić information content (AvgIpc) is 2.39. The van der Waals surface area contributed by atoms with E-state index >= 15 is 0 Å². The standard InChI is InChI=1S/C14H14Br2N2O/c15-12-8-13(16)14(17-9-12)18(6-7-19)10-11-4-2-1-3-5-11/h1-5,8-9,19H,6-7,10H2. The van der Waals surface area contributed by atoms with Crippen molar-refractivity contribution in [2.24, 2.45) is 0 Å². The molecule has 19 heavy (non-hydrogen) atoms. The summed E-state index contributed by atoms with van der Waals surface area (Å²) in [4.78, 5) is 6.46. The highest BCUT2D eigenvalue weighted by Crippen LogP contribution is 2.27. The van der Waals surface area contributed by atoms with Crippen molar-refractivity contribution in [2.75, 3.05) is 18.1 Å². The van der Waals surface area contributed by atoms with Gasteiger partial charge in [-0.2, -0.15) is 0 Å². The highest BCUT2D eigenvalue weighted by Gasteiger charge is 2.12. The van der Waals surface area contributed by atoms with Crippen LogP contribution in [0.2, 0.25) is 0 Å². The Morgan fingerprint density at radius 1 is 1.16 bits per heavy atom. The largest absolute Gasteiger partial charge is 0.395 e. The van der Waals surface area contributed by atoms with Gasteiger partial charge in [0.1, 0.15) is 5.82 Å². The first-order valence-electron chi connectivity index (χ1n) is 5.91. The van der Waals surface area contributed by atoms with E-state index in [1.165, 1.54) is 5.56 Å². The van der Waals surface area contributed by atoms with E-state index in [-0.39, 0.29) is 6.61 Å². The van der Waals surface area contributed by atoms with Crippen LogP contribution in [0.5, 0.6) is 0 Å². The lowest BCUT2D eigenvalue weighted by atomic mass is 10.2. The van der Waals surface area contributed by atoms with Crippen LogP contribution in [0.25, 0.3) is 0 Å². The predicted octanol–water partition coefficient (Wildman–Crippen LogP) is 3.61. The van der Waals surface area contributed by atoms with E-state index in [0.717, 1.165) is 14.8 Å². The van der Waals surface area contributed by atoms with Crippen molar-refractivity contribution >= 4 is 37.7 Å². The van der Waals surface area contributed by atoms with Gasteiger partial charge in [0.05, 0.1) is 11.1 Å². The fourth-order valence-corrected chi connectivity index (χ4v) is 3.06. The van der Waals surface area contributed by atoms with Gasteiger partial charge in [0.15, 0.2) is 0 Å². The third kappa shape index (κ3) is 4.03. The summed E-state index contributed by atoms with van der Waals surface area (Å²) in [6.45, 7) is 1.35. The molecule has 0 spiro atoms. The third-order valence-corrected chi connectivity index (χ3v) is 3.69. The molecule has 0 amide bonds. The number of pyridine rings is 1. The molecule has 0 radical (unpaired) electrons. The average molecular weight is 386 g/mol. The number of nitrogens with zero attached hydrogens (tertiary/aromatic N) is 2. The number of rotatable bonds is 5. The third-order valence-electron chi connectivity index (χ3n) is 2.67. The molecule has 0 aliphatic rings. The fraction of sp³-hybridized carbons (Fsp3) is 0.214. The molecule has 0 aliphatic carbocycles. The smallest absolute Gasteiger partial charge is 0.143 e. The molecule has 3 nitrogen and oxygen atoms in total. The van der Waals surface area contributed by atoms with E-state index in [1.54, 1.807) is 6.20 Å². The number of aliphatic hydroxyl groups excluding tert-OH is 1.